The Morgan fingerprint density at radius 1 is 0.917 bits per heavy atom. The van der Waals surface area contributed by atoms with E-state index in [4.69, 9.17) is 21.1 Å². The highest BCUT2D eigenvalue weighted by Crippen LogP contribution is 2.26. The van der Waals surface area contributed by atoms with Crippen molar-refractivity contribution >= 4 is 23.4 Å². The molecule has 0 saturated carbocycles. The molecule has 1 N–H and O–H groups in total. The Hall–Kier alpha value is -3.51. The molecule has 0 heterocycles. The third-order valence-electron chi connectivity index (χ3n) is 5.62. The molecule has 0 aromatic heterocycles. The molecule has 2 amide bonds. The van der Waals surface area contributed by atoms with E-state index in [2.05, 4.69) is 5.32 Å². The van der Waals surface area contributed by atoms with Crippen LogP contribution in [0.4, 0.5) is 0 Å². The Morgan fingerprint density at radius 3 is 2.25 bits per heavy atom. The van der Waals surface area contributed by atoms with Crippen molar-refractivity contribution in [2.45, 2.75) is 32.9 Å². The van der Waals surface area contributed by atoms with Crippen molar-refractivity contribution < 1.29 is 19.1 Å². The van der Waals surface area contributed by atoms with Gasteiger partial charge in [0.25, 0.3) is 5.91 Å². The maximum Gasteiger partial charge on any atom is 0.261 e. The molecule has 36 heavy (non-hydrogen) atoms. The van der Waals surface area contributed by atoms with E-state index < -0.39 is 6.04 Å². The van der Waals surface area contributed by atoms with Crippen molar-refractivity contribution in [1.82, 2.24) is 10.2 Å². The molecular formula is C29H33ClN2O4. The van der Waals surface area contributed by atoms with Crippen LogP contribution in [0.2, 0.25) is 5.02 Å². The van der Waals surface area contributed by atoms with E-state index in [-0.39, 0.29) is 30.9 Å². The smallest absolute Gasteiger partial charge is 0.261 e. The fourth-order valence-electron chi connectivity index (χ4n) is 3.77. The van der Waals surface area contributed by atoms with Crippen LogP contribution in [0.1, 0.15) is 25.0 Å². The van der Waals surface area contributed by atoms with E-state index in [1.807, 2.05) is 68.4 Å². The molecule has 0 fully saturated rings. The number of nitrogens with one attached hydrogen (secondary N) is 1. The first-order valence-electron chi connectivity index (χ1n) is 12.0. The zero-order valence-electron chi connectivity index (χ0n) is 20.9. The summed E-state index contributed by atoms with van der Waals surface area (Å²) in [6.07, 6.45) is 0.367. The monoisotopic (exact) mass is 508 g/mol. The highest BCUT2D eigenvalue weighted by Gasteiger charge is 2.31. The van der Waals surface area contributed by atoms with Crippen LogP contribution in [0, 0.1) is 5.92 Å². The number of para-hydroxylation sites is 2. The zero-order chi connectivity index (χ0) is 25.9. The summed E-state index contributed by atoms with van der Waals surface area (Å²) in [5.41, 5.74) is 1.78. The molecule has 0 bridgehead atoms. The maximum atomic E-state index is 13.6. The fourth-order valence-corrected chi connectivity index (χ4v) is 3.98. The summed E-state index contributed by atoms with van der Waals surface area (Å²) < 4.78 is 11.2. The quantitative estimate of drug-likeness (QED) is 0.368. The van der Waals surface area contributed by atoms with E-state index in [0.717, 1.165) is 11.1 Å². The second kappa shape index (κ2) is 13.5. The molecule has 0 radical (unpaired) electrons. The van der Waals surface area contributed by atoms with Gasteiger partial charge in [0, 0.05) is 24.5 Å². The normalized spacial score (nSPS) is 11.6. The Bertz CT molecular complexity index is 1140. The predicted octanol–water partition coefficient (Wildman–Crippen LogP) is 5.14. The van der Waals surface area contributed by atoms with E-state index >= 15 is 0 Å². The Labute approximate surface area is 218 Å². The van der Waals surface area contributed by atoms with Crippen LogP contribution in [0.3, 0.4) is 0 Å². The minimum Gasteiger partial charge on any atom is -0.493 e. The largest absolute Gasteiger partial charge is 0.493 e. The van der Waals surface area contributed by atoms with E-state index in [1.165, 1.54) is 0 Å². The number of carbonyl (C=O) groups is 2. The lowest BCUT2D eigenvalue weighted by Gasteiger charge is -2.31. The first-order valence-corrected chi connectivity index (χ1v) is 12.4. The topological polar surface area (TPSA) is 67.9 Å². The summed E-state index contributed by atoms with van der Waals surface area (Å²) in [7, 11) is 1.55. The molecule has 190 valence electrons. The molecule has 0 aliphatic rings. The van der Waals surface area contributed by atoms with Gasteiger partial charge in [-0.1, -0.05) is 80.0 Å². The van der Waals surface area contributed by atoms with Gasteiger partial charge in [0.15, 0.2) is 18.1 Å². The Morgan fingerprint density at radius 2 is 1.58 bits per heavy atom. The van der Waals surface area contributed by atoms with Crippen LogP contribution < -0.4 is 14.8 Å². The van der Waals surface area contributed by atoms with Crippen LogP contribution >= 0.6 is 11.6 Å². The van der Waals surface area contributed by atoms with Crippen molar-refractivity contribution in [3.05, 3.63) is 95.0 Å². The SMILES string of the molecule is COc1ccccc1OCC(=O)N(Cc1cccc(Cl)c1)[C@@H](Cc1ccccc1)C(=O)NCC(C)C. The summed E-state index contributed by atoms with van der Waals surface area (Å²) >= 11 is 6.22. The molecule has 6 nitrogen and oxygen atoms in total. The zero-order valence-corrected chi connectivity index (χ0v) is 21.7. The Kier molecular flexibility index (Phi) is 10.2. The molecule has 0 aliphatic carbocycles. The number of nitrogens with zero attached hydrogens (tertiary/aromatic N) is 1. The average molecular weight is 509 g/mol. The number of hydrogen-bond donors (Lipinski definition) is 1. The van der Waals surface area contributed by atoms with E-state index in [0.29, 0.717) is 29.5 Å². The lowest BCUT2D eigenvalue weighted by Crippen LogP contribution is -2.52. The molecule has 1 atom stereocenters. The summed E-state index contributed by atoms with van der Waals surface area (Å²) in [6.45, 7) is 4.54. The number of carbonyl (C=O) groups excluding carboxylic acids is 2. The molecule has 0 saturated heterocycles. The van der Waals surface area contributed by atoms with Crippen LogP contribution in [0.25, 0.3) is 0 Å². The molecule has 3 aromatic rings. The maximum absolute atomic E-state index is 13.6. The van der Waals surface area contributed by atoms with E-state index in [9.17, 15) is 9.59 Å². The van der Waals surface area contributed by atoms with Gasteiger partial charge in [-0.3, -0.25) is 9.59 Å². The Balaban J connectivity index is 1.91. The van der Waals surface area contributed by atoms with Gasteiger partial charge in [-0.15, -0.1) is 0 Å². The van der Waals surface area contributed by atoms with Crippen molar-refractivity contribution in [3.63, 3.8) is 0 Å². The van der Waals surface area contributed by atoms with Crippen LogP contribution in [0.5, 0.6) is 11.5 Å². The highest BCUT2D eigenvalue weighted by molar-refractivity contribution is 6.30. The molecule has 3 rings (SSSR count). The first-order chi connectivity index (χ1) is 17.4. The minimum absolute atomic E-state index is 0.208. The number of hydrogen-bond acceptors (Lipinski definition) is 4. The third kappa shape index (κ3) is 8.02. The molecule has 3 aromatic carbocycles. The summed E-state index contributed by atoms with van der Waals surface area (Å²) in [4.78, 5) is 28.6. The van der Waals surface area contributed by atoms with Gasteiger partial charge in [0.05, 0.1) is 7.11 Å². The fraction of sp³-hybridized carbons (Fsp3) is 0.310. The van der Waals surface area contributed by atoms with Crippen LogP contribution in [0.15, 0.2) is 78.9 Å². The van der Waals surface area contributed by atoms with Gasteiger partial charge < -0.3 is 19.7 Å². The molecular weight excluding hydrogens is 476 g/mol. The van der Waals surface area contributed by atoms with Gasteiger partial charge in [0.1, 0.15) is 6.04 Å². The van der Waals surface area contributed by atoms with Gasteiger partial charge in [0.2, 0.25) is 5.91 Å². The second-order valence-electron chi connectivity index (χ2n) is 8.94. The van der Waals surface area contributed by atoms with Crippen molar-refractivity contribution in [1.29, 1.82) is 0 Å². The van der Waals surface area contributed by atoms with Crippen LogP contribution in [-0.4, -0.2) is 43.0 Å². The molecule has 0 aliphatic heterocycles. The molecule has 0 unspecified atom stereocenters. The number of rotatable bonds is 12. The third-order valence-corrected chi connectivity index (χ3v) is 5.85. The van der Waals surface area contributed by atoms with Crippen LogP contribution in [-0.2, 0) is 22.6 Å². The highest BCUT2D eigenvalue weighted by atomic mass is 35.5. The first kappa shape index (κ1) is 27.1. The van der Waals surface area contributed by atoms with Crippen molar-refractivity contribution in [3.8, 4) is 11.5 Å². The standard InChI is InChI=1S/C29H33ClN2O4/c1-21(2)18-31-29(34)25(17-22-10-5-4-6-11-22)32(19-23-12-9-13-24(30)16-23)28(33)20-36-27-15-8-7-14-26(27)35-3/h4-16,21,25H,17-20H2,1-3H3,(H,31,34)/t25-/m0/s1. The van der Waals surface area contributed by atoms with Gasteiger partial charge >= 0.3 is 0 Å². The minimum atomic E-state index is -0.737. The van der Waals surface area contributed by atoms with Gasteiger partial charge in [-0.25, -0.2) is 0 Å². The number of methoxy groups -OCH3 is 1. The van der Waals surface area contributed by atoms with Gasteiger partial charge in [-0.05, 0) is 41.3 Å². The summed E-state index contributed by atoms with van der Waals surface area (Å²) in [5.74, 6) is 0.737. The lowest BCUT2D eigenvalue weighted by molar-refractivity contribution is -0.142. The van der Waals surface area contributed by atoms with Crippen molar-refractivity contribution in [2.24, 2.45) is 5.92 Å². The van der Waals surface area contributed by atoms with E-state index in [1.54, 1.807) is 36.3 Å². The molecule has 0 spiro atoms. The summed E-state index contributed by atoms with van der Waals surface area (Å²) in [5, 5.41) is 3.57. The predicted molar refractivity (Wildman–Crippen MR) is 142 cm³/mol. The summed E-state index contributed by atoms with van der Waals surface area (Å²) in [6, 6.07) is 23.4. The average Bonchev–Trinajstić information content (AvgIpc) is 2.88. The second-order valence-corrected chi connectivity index (χ2v) is 9.37. The number of ether oxygens (including phenoxy) is 2. The number of benzene rings is 3. The van der Waals surface area contributed by atoms with Crippen molar-refractivity contribution in [2.75, 3.05) is 20.3 Å². The number of amides is 2. The molecule has 7 heteroatoms. The number of halogens is 1. The van der Waals surface area contributed by atoms with Gasteiger partial charge in [-0.2, -0.15) is 0 Å². The lowest BCUT2D eigenvalue weighted by atomic mass is 10.0.